The second-order valence-electron chi connectivity index (χ2n) is 3.43. The molecule has 0 aliphatic heterocycles. The number of aromatic nitrogens is 2. The molecular formula is C9H6FN3O4. The third-order valence-electron chi connectivity index (χ3n) is 2.30. The SMILES string of the molecule is Cc1cc2[nH]c(=O)c(=O)n([N+](=O)[O-])c2cc1F. The summed E-state index contributed by atoms with van der Waals surface area (Å²) in [6, 6.07) is 2.07. The molecule has 17 heavy (non-hydrogen) atoms. The normalized spacial score (nSPS) is 10.7. The van der Waals surface area contributed by atoms with E-state index in [0.29, 0.717) is 0 Å². The Morgan fingerprint density at radius 3 is 2.65 bits per heavy atom. The molecule has 8 heteroatoms. The molecule has 2 aromatic rings. The summed E-state index contributed by atoms with van der Waals surface area (Å²) in [7, 11) is 0. The largest absolute Gasteiger partial charge is 0.377 e. The van der Waals surface area contributed by atoms with Gasteiger partial charge in [0.15, 0.2) is 5.03 Å². The molecule has 0 atom stereocenters. The van der Waals surface area contributed by atoms with Crippen LogP contribution in [0.3, 0.4) is 0 Å². The number of aromatic amines is 1. The van der Waals surface area contributed by atoms with E-state index in [1.807, 2.05) is 0 Å². The number of benzene rings is 1. The van der Waals surface area contributed by atoms with Gasteiger partial charge in [0, 0.05) is 6.07 Å². The van der Waals surface area contributed by atoms with Crippen LogP contribution in [0.4, 0.5) is 4.39 Å². The molecule has 1 aromatic heterocycles. The van der Waals surface area contributed by atoms with Gasteiger partial charge in [-0.2, -0.15) is 0 Å². The third-order valence-corrected chi connectivity index (χ3v) is 2.30. The first kappa shape index (κ1) is 11.0. The number of rotatable bonds is 1. The number of hydrogen-bond donors (Lipinski definition) is 1. The molecular weight excluding hydrogens is 233 g/mol. The van der Waals surface area contributed by atoms with Crippen LogP contribution in [0.5, 0.6) is 0 Å². The molecule has 0 aliphatic carbocycles. The third kappa shape index (κ3) is 1.59. The highest BCUT2D eigenvalue weighted by molar-refractivity contribution is 5.75. The fourth-order valence-electron chi connectivity index (χ4n) is 1.49. The Kier molecular flexibility index (Phi) is 2.27. The quantitative estimate of drug-likeness (QED) is 0.436. The van der Waals surface area contributed by atoms with Crippen LogP contribution >= 0.6 is 0 Å². The molecule has 88 valence electrons. The number of hydrogen-bond acceptors (Lipinski definition) is 4. The summed E-state index contributed by atoms with van der Waals surface area (Å²) in [6.07, 6.45) is 0. The van der Waals surface area contributed by atoms with Gasteiger partial charge in [0.2, 0.25) is 0 Å². The Morgan fingerprint density at radius 1 is 1.41 bits per heavy atom. The Bertz CT molecular complexity index is 746. The first-order valence-corrected chi connectivity index (χ1v) is 4.51. The summed E-state index contributed by atoms with van der Waals surface area (Å²) >= 11 is 0. The first-order valence-electron chi connectivity index (χ1n) is 4.51. The Morgan fingerprint density at radius 2 is 2.06 bits per heavy atom. The first-order chi connectivity index (χ1) is 7.91. The molecule has 0 saturated carbocycles. The molecule has 7 nitrogen and oxygen atoms in total. The smallest absolute Gasteiger partial charge is 0.315 e. The highest BCUT2D eigenvalue weighted by atomic mass is 19.1. The van der Waals surface area contributed by atoms with E-state index in [1.54, 1.807) is 0 Å². The fourth-order valence-corrected chi connectivity index (χ4v) is 1.49. The minimum Gasteiger partial charge on any atom is -0.315 e. The van der Waals surface area contributed by atoms with Crippen LogP contribution in [0.2, 0.25) is 0 Å². The number of aryl methyl sites for hydroxylation is 1. The van der Waals surface area contributed by atoms with Gasteiger partial charge in [-0.25, -0.2) is 14.5 Å². The zero-order valence-corrected chi connectivity index (χ0v) is 8.56. The molecule has 0 radical (unpaired) electrons. The van der Waals surface area contributed by atoms with Crippen LogP contribution in [-0.2, 0) is 0 Å². The molecule has 1 heterocycles. The molecule has 0 bridgehead atoms. The highest BCUT2D eigenvalue weighted by Crippen LogP contribution is 2.14. The summed E-state index contributed by atoms with van der Waals surface area (Å²) in [5.74, 6) is -0.695. The van der Waals surface area contributed by atoms with Gasteiger partial charge in [-0.15, -0.1) is 0 Å². The monoisotopic (exact) mass is 239 g/mol. The topological polar surface area (TPSA) is 98.0 Å². The average Bonchev–Trinajstić information content (AvgIpc) is 2.23. The van der Waals surface area contributed by atoms with E-state index in [0.717, 1.165) is 6.07 Å². The summed E-state index contributed by atoms with van der Waals surface area (Å²) in [6.45, 7) is 1.44. The van der Waals surface area contributed by atoms with Crippen molar-refractivity contribution in [2.24, 2.45) is 0 Å². The van der Waals surface area contributed by atoms with E-state index in [9.17, 15) is 24.1 Å². The Labute approximate surface area is 92.2 Å². The minimum atomic E-state index is -1.36. The molecule has 0 unspecified atom stereocenters. The predicted molar refractivity (Wildman–Crippen MR) is 55.9 cm³/mol. The van der Waals surface area contributed by atoms with Gasteiger partial charge < -0.3 is 4.98 Å². The number of halogens is 1. The number of nitro groups is 1. The van der Waals surface area contributed by atoms with Crippen molar-refractivity contribution in [2.45, 2.75) is 6.92 Å². The van der Waals surface area contributed by atoms with Gasteiger partial charge in [0.1, 0.15) is 11.3 Å². The van der Waals surface area contributed by atoms with E-state index < -0.39 is 22.0 Å². The molecule has 0 spiro atoms. The minimum absolute atomic E-state index is 0.0245. The van der Waals surface area contributed by atoms with Crippen LogP contribution in [0.15, 0.2) is 21.7 Å². The molecule has 2 rings (SSSR count). The van der Waals surface area contributed by atoms with Crippen LogP contribution in [0, 0.1) is 22.9 Å². The van der Waals surface area contributed by atoms with Crippen LogP contribution < -0.4 is 11.1 Å². The lowest BCUT2D eigenvalue weighted by atomic mass is 10.2. The molecule has 0 fully saturated rings. The lowest BCUT2D eigenvalue weighted by Crippen LogP contribution is -2.39. The lowest BCUT2D eigenvalue weighted by molar-refractivity contribution is -0.540. The lowest BCUT2D eigenvalue weighted by Gasteiger charge is -2.02. The second kappa shape index (κ2) is 3.51. The van der Waals surface area contributed by atoms with Crippen molar-refractivity contribution >= 4 is 11.0 Å². The molecule has 0 saturated heterocycles. The summed E-state index contributed by atoms with van der Waals surface area (Å²) < 4.78 is 13.3. The van der Waals surface area contributed by atoms with Crippen LogP contribution in [0.25, 0.3) is 11.0 Å². The van der Waals surface area contributed by atoms with Crippen molar-refractivity contribution in [3.8, 4) is 0 Å². The maximum atomic E-state index is 13.3. The van der Waals surface area contributed by atoms with Crippen LogP contribution in [0.1, 0.15) is 5.56 Å². The molecule has 0 amide bonds. The van der Waals surface area contributed by atoms with E-state index in [1.165, 1.54) is 13.0 Å². The highest BCUT2D eigenvalue weighted by Gasteiger charge is 2.17. The fraction of sp³-hybridized carbons (Fsp3) is 0.111. The Balaban J connectivity index is 3.09. The van der Waals surface area contributed by atoms with E-state index in [-0.39, 0.29) is 21.3 Å². The molecule has 1 aromatic carbocycles. The number of nitrogens with zero attached hydrogens (tertiary/aromatic N) is 2. The van der Waals surface area contributed by atoms with Gasteiger partial charge in [-0.1, -0.05) is 0 Å². The van der Waals surface area contributed by atoms with E-state index >= 15 is 0 Å². The molecule has 0 aliphatic rings. The zero-order valence-electron chi connectivity index (χ0n) is 8.56. The predicted octanol–water partition coefficient (Wildman–Crippen LogP) is 0.177. The van der Waals surface area contributed by atoms with Gasteiger partial charge in [-0.3, -0.25) is 9.59 Å². The van der Waals surface area contributed by atoms with Crippen molar-refractivity contribution in [1.82, 2.24) is 9.66 Å². The zero-order chi connectivity index (χ0) is 12.7. The molecule has 1 N–H and O–H groups in total. The van der Waals surface area contributed by atoms with Gasteiger partial charge in [0.25, 0.3) is 0 Å². The standard InChI is InChI=1S/C9H6FN3O4/c1-4-2-6-7(3-5(4)10)12(13(16)17)9(15)8(14)11-6/h2-3H,1H3,(H,11,14). The van der Waals surface area contributed by atoms with Crippen LogP contribution in [-0.4, -0.2) is 14.7 Å². The van der Waals surface area contributed by atoms with Crippen molar-refractivity contribution < 1.29 is 9.42 Å². The van der Waals surface area contributed by atoms with Gasteiger partial charge in [0.05, 0.1) is 5.52 Å². The summed E-state index contributed by atoms with van der Waals surface area (Å²) in [5.41, 5.74) is -2.53. The average molecular weight is 239 g/mol. The second-order valence-corrected chi connectivity index (χ2v) is 3.43. The number of nitrogens with one attached hydrogen (secondary N) is 1. The number of H-pyrrole nitrogens is 1. The summed E-state index contributed by atoms with van der Waals surface area (Å²) in [5, 5.41) is 9.62. The van der Waals surface area contributed by atoms with Crippen molar-refractivity contribution in [2.75, 3.05) is 0 Å². The van der Waals surface area contributed by atoms with Crippen molar-refractivity contribution in [3.05, 3.63) is 54.3 Å². The van der Waals surface area contributed by atoms with Gasteiger partial charge >= 0.3 is 11.1 Å². The van der Waals surface area contributed by atoms with E-state index in [2.05, 4.69) is 4.98 Å². The van der Waals surface area contributed by atoms with E-state index in [4.69, 9.17) is 0 Å². The Hall–Kier alpha value is -2.51. The maximum Gasteiger partial charge on any atom is 0.377 e. The van der Waals surface area contributed by atoms with Crippen molar-refractivity contribution in [1.29, 1.82) is 0 Å². The maximum absolute atomic E-state index is 13.3. The van der Waals surface area contributed by atoms with Gasteiger partial charge in [-0.05, 0) is 23.2 Å². The van der Waals surface area contributed by atoms with Crippen molar-refractivity contribution in [3.63, 3.8) is 0 Å². The summed E-state index contributed by atoms with van der Waals surface area (Å²) in [4.78, 5) is 35.3. The number of fused-ring (bicyclic) bond motifs is 1.